The number of hydrogen-bond acceptors (Lipinski definition) is 5. The Balaban J connectivity index is 1.41. The Morgan fingerprint density at radius 2 is 1.70 bits per heavy atom. The van der Waals surface area contributed by atoms with Crippen molar-refractivity contribution < 1.29 is 9.84 Å². The van der Waals surface area contributed by atoms with Gasteiger partial charge in [-0.05, 0) is 35.9 Å². The predicted molar refractivity (Wildman–Crippen MR) is 118 cm³/mol. The zero-order chi connectivity index (χ0) is 20.9. The van der Waals surface area contributed by atoms with Crippen molar-refractivity contribution in [1.82, 2.24) is 9.47 Å². The zero-order valence-electron chi connectivity index (χ0n) is 17.2. The molecule has 0 spiro atoms. The van der Waals surface area contributed by atoms with E-state index in [0.717, 1.165) is 37.5 Å². The van der Waals surface area contributed by atoms with Gasteiger partial charge in [0.05, 0.1) is 13.7 Å². The van der Waals surface area contributed by atoms with Crippen LogP contribution in [0.4, 0.5) is 5.69 Å². The number of aromatic nitrogens is 1. The van der Waals surface area contributed by atoms with Gasteiger partial charge in [-0.25, -0.2) is 0 Å². The molecule has 6 heteroatoms. The van der Waals surface area contributed by atoms with Gasteiger partial charge in [-0.1, -0.05) is 30.3 Å². The standard InChI is InChI=1S/C24H27N3O3/c1-30-22-9-5-6-19(16-22)17-27-11-10-20(23(28)24(27)29)18-25-12-14-26(15-13-25)21-7-3-2-4-8-21/h2-11,16,28H,12-15,17-18H2,1H3. The van der Waals surface area contributed by atoms with Gasteiger partial charge in [-0.3, -0.25) is 9.69 Å². The number of hydrogen-bond donors (Lipinski definition) is 1. The Morgan fingerprint density at radius 3 is 2.43 bits per heavy atom. The Kier molecular flexibility index (Phi) is 6.05. The van der Waals surface area contributed by atoms with Crippen molar-refractivity contribution in [3.8, 4) is 11.5 Å². The van der Waals surface area contributed by atoms with E-state index in [9.17, 15) is 9.90 Å². The molecule has 6 nitrogen and oxygen atoms in total. The molecule has 4 rings (SSSR count). The molecular weight excluding hydrogens is 378 g/mol. The molecule has 0 bridgehead atoms. The van der Waals surface area contributed by atoms with Crippen LogP contribution < -0.4 is 15.2 Å². The fraction of sp³-hybridized carbons (Fsp3) is 0.292. The SMILES string of the molecule is COc1cccc(Cn2ccc(CN3CCN(c4ccccc4)CC3)c(O)c2=O)c1. The molecule has 30 heavy (non-hydrogen) atoms. The summed E-state index contributed by atoms with van der Waals surface area (Å²) in [6, 6.07) is 19.8. The van der Waals surface area contributed by atoms with Crippen LogP contribution in [0.3, 0.4) is 0 Å². The highest BCUT2D eigenvalue weighted by molar-refractivity contribution is 5.46. The van der Waals surface area contributed by atoms with Crippen molar-refractivity contribution in [3.63, 3.8) is 0 Å². The van der Waals surface area contributed by atoms with E-state index in [1.165, 1.54) is 10.3 Å². The van der Waals surface area contributed by atoms with Crippen molar-refractivity contribution in [2.45, 2.75) is 13.1 Å². The summed E-state index contributed by atoms with van der Waals surface area (Å²) in [6.45, 7) is 4.60. The average Bonchev–Trinajstić information content (AvgIpc) is 2.80. The summed E-state index contributed by atoms with van der Waals surface area (Å²) in [4.78, 5) is 17.3. The maximum atomic E-state index is 12.7. The van der Waals surface area contributed by atoms with E-state index >= 15 is 0 Å². The summed E-state index contributed by atoms with van der Waals surface area (Å²) >= 11 is 0. The minimum Gasteiger partial charge on any atom is -0.503 e. The number of nitrogens with zero attached hydrogens (tertiary/aromatic N) is 3. The monoisotopic (exact) mass is 405 g/mol. The van der Waals surface area contributed by atoms with Gasteiger partial charge in [0, 0.05) is 50.2 Å². The van der Waals surface area contributed by atoms with Gasteiger partial charge in [-0.15, -0.1) is 0 Å². The lowest BCUT2D eigenvalue weighted by molar-refractivity contribution is 0.246. The number of rotatable bonds is 6. The molecule has 1 fully saturated rings. The zero-order valence-corrected chi connectivity index (χ0v) is 17.2. The van der Waals surface area contributed by atoms with Crippen LogP contribution in [-0.2, 0) is 13.1 Å². The first-order chi connectivity index (χ1) is 14.6. The second-order valence-corrected chi connectivity index (χ2v) is 7.57. The van der Waals surface area contributed by atoms with E-state index in [1.54, 1.807) is 13.3 Å². The number of ether oxygens (including phenoxy) is 1. The largest absolute Gasteiger partial charge is 0.503 e. The fourth-order valence-corrected chi connectivity index (χ4v) is 3.86. The van der Waals surface area contributed by atoms with Crippen LogP contribution >= 0.6 is 0 Å². The van der Waals surface area contributed by atoms with E-state index in [2.05, 4.69) is 34.1 Å². The van der Waals surface area contributed by atoms with Crippen molar-refractivity contribution in [3.05, 3.63) is 88.3 Å². The van der Waals surface area contributed by atoms with E-state index in [0.29, 0.717) is 18.7 Å². The van der Waals surface area contributed by atoms with Crippen LogP contribution in [0.25, 0.3) is 0 Å². The molecule has 0 amide bonds. The van der Waals surface area contributed by atoms with Crippen molar-refractivity contribution in [2.75, 3.05) is 38.2 Å². The number of methoxy groups -OCH3 is 1. The lowest BCUT2D eigenvalue weighted by Gasteiger charge is -2.36. The second-order valence-electron chi connectivity index (χ2n) is 7.57. The summed E-state index contributed by atoms with van der Waals surface area (Å²) < 4.78 is 6.77. The van der Waals surface area contributed by atoms with E-state index < -0.39 is 0 Å². The first-order valence-corrected chi connectivity index (χ1v) is 10.2. The number of benzene rings is 2. The van der Waals surface area contributed by atoms with Crippen LogP contribution in [-0.4, -0.2) is 47.9 Å². The highest BCUT2D eigenvalue weighted by Crippen LogP contribution is 2.19. The lowest BCUT2D eigenvalue weighted by Crippen LogP contribution is -2.46. The van der Waals surface area contributed by atoms with Gasteiger partial charge < -0.3 is 19.3 Å². The van der Waals surface area contributed by atoms with E-state index in [-0.39, 0.29) is 11.3 Å². The normalized spacial score (nSPS) is 14.6. The molecule has 0 unspecified atom stereocenters. The molecule has 0 aliphatic carbocycles. The molecule has 0 atom stereocenters. The molecule has 2 aromatic carbocycles. The lowest BCUT2D eigenvalue weighted by atomic mass is 10.1. The Morgan fingerprint density at radius 1 is 0.933 bits per heavy atom. The molecule has 1 aliphatic heterocycles. The summed E-state index contributed by atoms with van der Waals surface area (Å²) in [7, 11) is 1.62. The minimum atomic E-state index is -0.363. The number of pyridine rings is 1. The summed E-state index contributed by atoms with van der Waals surface area (Å²) in [5.41, 5.74) is 2.49. The van der Waals surface area contributed by atoms with Crippen molar-refractivity contribution in [1.29, 1.82) is 0 Å². The maximum Gasteiger partial charge on any atom is 0.293 e. The average molecular weight is 405 g/mol. The molecule has 2 heterocycles. The minimum absolute atomic E-state index is 0.161. The second kappa shape index (κ2) is 9.05. The van der Waals surface area contributed by atoms with Gasteiger partial charge in [-0.2, -0.15) is 0 Å². The quantitative estimate of drug-likeness (QED) is 0.683. The van der Waals surface area contributed by atoms with Gasteiger partial charge in [0.15, 0.2) is 5.75 Å². The van der Waals surface area contributed by atoms with Crippen LogP contribution in [0.1, 0.15) is 11.1 Å². The molecule has 1 aliphatic rings. The van der Waals surface area contributed by atoms with Crippen molar-refractivity contribution >= 4 is 5.69 Å². The Hall–Kier alpha value is -3.25. The number of piperazine rings is 1. The predicted octanol–water partition coefficient (Wildman–Crippen LogP) is 2.93. The fourth-order valence-electron chi connectivity index (χ4n) is 3.86. The molecule has 1 aromatic heterocycles. The van der Waals surface area contributed by atoms with Crippen LogP contribution in [0.5, 0.6) is 11.5 Å². The molecule has 156 valence electrons. The van der Waals surface area contributed by atoms with Gasteiger partial charge in [0.25, 0.3) is 5.56 Å². The van der Waals surface area contributed by atoms with Gasteiger partial charge in [0.2, 0.25) is 0 Å². The first kappa shape index (κ1) is 20.0. The molecule has 0 saturated carbocycles. The third kappa shape index (κ3) is 4.49. The number of para-hydroxylation sites is 1. The third-order valence-corrected chi connectivity index (χ3v) is 5.60. The molecule has 0 radical (unpaired) electrons. The maximum absolute atomic E-state index is 12.7. The third-order valence-electron chi connectivity index (χ3n) is 5.60. The van der Waals surface area contributed by atoms with Crippen molar-refractivity contribution in [2.24, 2.45) is 0 Å². The smallest absolute Gasteiger partial charge is 0.293 e. The molecule has 3 aromatic rings. The van der Waals surface area contributed by atoms with Gasteiger partial charge in [0.1, 0.15) is 5.75 Å². The Labute approximate surface area is 176 Å². The topological polar surface area (TPSA) is 57.9 Å². The van der Waals surface area contributed by atoms with Crippen LogP contribution in [0.15, 0.2) is 71.7 Å². The number of anilines is 1. The summed E-state index contributed by atoms with van der Waals surface area (Å²) in [5.74, 6) is 0.585. The molecule has 1 saturated heterocycles. The van der Waals surface area contributed by atoms with Gasteiger partial charge >= 0.3 is 0 Å². The highest BCUT2D eigenvalue weighted by Gasteiger charge is 2.19. The molecule has 1 N–H and O–H groups in total. The molecular formula is C24H27N3O3. The van der Waals surface area contributed by atoms with E-state index in [4.69, 9.17) is 4.74 Å². The van der Waals surface area contributed by atoms with E-state index in [1.807, 2.05) is 36.4 Å². The highest BCUT2D eigenvalue weighted by atomic mass is 16.5. The van der Waals surface area contributed by atoms with Crippen LogP contribution in [0, 0.1) is 0 Å². The first-order valence-electron chi connectivity index (χ1n) is 10.2. The summed E-state index contributed by atoms with van der Waals surface area (Å²) in [6.07, 6.45) is 1.76. The number of aromatic hydroxyl groups is 1. The Bertz CT molecular complexity index is 1040. The van der Waals surface area contributed by atoms with Crippen LogP contribution in [0.2, 0.25) is 0 Å². The summed E-state index contributed by atoms with van der Waals surface area (Å²) in [5, 5.41) is 10.5.